The molecule has 0 unspecified atom stereocenters. The predicted octanol–water partition coefficient (Wildman–Crippen LogP) is 2.62. The van der Waals surface area contributed by atoms with Gasteiger partial charge in [0.05, 0.1) is 20.8 Å². The Labute approximate surface area is 158 Å². The molecule has 142 valence electrons. The average Bonchev–Trinajstić information content (AvgIpc) is 3.16. The first-order chi connectivity index (χ1) is 13.2. The van der Waals surface area contributed by atoms with E-state index in [1.165, 1.54) is 11.1 Å². The molecule has 0 saturated heterocycles. The fraction of sp³-hybridized carbons (Fsp3) is 0.429. The van der Waals surface area contributed by atoms with Crippen molar-refractivity contribution in [3.8, 4) is 23.0 Å². The van der Waals surface area contributed by atoms with Crippen molar-refractivity contribution >= 4 is 0 Å². The van der Waals surface area contributed by atoms with Gasteiger partial charge in [-0.25, -0.2) is 0 Å². The minimum Gasteiger partial charge on any atom is -0.493 e. The van der Waals surface area contributed by atoms with Crippen molar-refractivity contribution < 1.29 is 24.1 Å². The molecular formula is C21H23NO5. The highest BCUT2D eigenvalue weighted by Gasteiger charge is 2.41. The number of aliphatic hydroxyl groups excluding tert-OH is 1. The van der Waals surface area contributed by atoms with Crippen molar-refractivity contribution in [2.24, 2.45) is 0 Å². The molecule has 2 atom stereocenters. The molecule has 0 amide bonds. The predicted molar refractivity (Wildman–Crippen MR) is 98.8 cm³/mol. The average molecular weight is 369 g/mol. The first kappa shape index (κ1) is 16.7. The van der Waals surface area contributed by atoms with Gasteiger partial charge in [0.25, 0.3) is 0 Å². The standard InChI is InChI=1S/C21H23NO5/c1-24-17-4-3-13-15(21(17)25-2)9-22-6-5-12-7-18-19(27-11-26-18)8-14(12)20(22)16(13)10-23/h3-4,7-8,16,20,23H,5-6,9-11H2,1-2H3/t16-,20+/m1/s1. The van der Waals surface area contributed by atoms with Crippen molar-refractivity contribution in [1.82, 2.24) is 4.90 Å². The van der Waals surface area contributed by atoms with Crippen molar-refractivity contribution in [3.05, 3.63) is 46.5 Å². The number of hydrogen-bond donors (Lipinski definition) is 1. The van der Waals surface area contributed by atoms with Crippen molar-refractivity contribution in [2.45, 2.75) is 24.9 Å². The molecule has 0 radical (unpaired) electrons. The van der Waals surface area contributed by atoms with E-state index < -0.39 is 0 Å². The molecule has 0 fully saturated rings. The summed E-state index contributed by atoms with van der Waals surface area (Å²) in [5, 5.41) is 10.3. The molecular weight excluding hydrogens is 346 g/mol. The highest BCUT2D eigenvalue weighted by molar-refractivity contribution is 5.56. The van der Waals surface area contributed by atoms with E-state index in [4.69, 9.17) is 18.9 Å². The smallest absolute Gasteiger partial charge is 0.231 e. The summed E-state index contributed by atoms with van der Waals surface area (Å²) in [5.74, 6) is 3.08. The quantitative estimate of drug-likeness (QED) is 0.898. The van der Waals surface area contributed by atoms with Gasteiger partial charge in [-0.3, -0.25) is 4.90 Å². The van der Waals surface area contributed by atoms with Gasteiger partial charge in [-0.1, -0.05) is 6.07 Å². The van der Waals surface area contributed by atoms with Gasteiger partial charge >= 0.3 is 0 Å². The fourth-order valence-corrected chi connectivity index (χ4v) is 4.83. The summed E-state index contributed by atoms with van der Waals surface area (Å²) in [6.45, 7) is 2.03. The summed E-state index contributed by atoms with van der Waals surface area (Å²) in [5.41, 5.74) is 4.74. The van der Waals surface area contributed by atoms with Crippen LogP contribution in [-0.2, 0) is 13.0 Å². The number of hydrogen-bond acceptors (Lipinski definition) is 6. The van der Waals surface area contributed by atoms with E-state index in [1.807, 2.05) is 6.07 Å². The van der Waals surface area contributed by atoms with E-state index in [0.717, 1.165) is 53.6 Å². The summed E-state index contributed by atoms with van der Waals surface area (Å²) in [4.78, 5) is 2.43. The van der Waals surface area contributed by atoms with Crippen LogP contribution >= 0.6 is 0 Å². The lowest BCUT2D eigenvalue weighted by molar-refractivity contribution is 0.1000. The van der Waals surface area contributed by atoms with Gasteiger partial charge in [-0.05, 0) is 41.3 Å². The monoisotopic (exact) mass is 369 g/mol. The Bertz CT molecular complexity index is 897. The van der Waals surface area contributed by atoms with Gasteiger partial charge in [0.2, 0.25) is 6.79 Å². The van der Waals surface area contributed by atoms with E-state index in [0.29, 0.717) is 0 Å². The number of nitrogens with zero attached hydrogens (tertiary/aromatic N) is 1. The van der Waals surface area contributed by atoms with Crippen LogP contribution in [0, 0.1) is 0 Å². The molecule has 3 aliphatic heterocycles. The zero-order valence-corrected chi connectivity index (χ0v) is 15.5. The van der Waals surface area contributed by atoms with E-state index in [1.54, 1.807) is 14.2 Å². The zero-order valence-electron chi connectivity index (χ0n) is 15.5. The SMILES string of the molecule is COc1ccc2c(c1OC)CN1CCc3cc4c(cc3[C@H]1[C@@H]2CO)OCO4. The second-order valence-corrected chi connectivity index (χ2v) is 7.23. The molecule has 6 heteroatoms. The van der Waals surface area contributed by atoms with Crippen LogP contribution in [0.1, 0.15) is 34.2 Å². The Morgan fingerprint density at radius 2 is 1.93 bits per heavy atom. The third-order valence-corrected chi connectivity index (χ3v) is 6.04. The lowest BCUT2D eigenvalue weighted by Crippen LogP contribution is -2.42. The molecule has 5 rings (SSSR count). The maximum Gasteiger partial charge on any atom is 0.231 e. The Kier molecular flexibility index (Phi) is 3.91. The third kappa shape index (κ3) is 2.40. The summed E-state index contributed by atoms with van der Waals surface area (Å²) < 4.78 is 22.3. The van der Waals surface area contributed by atoms with Crippen molar-refractivity contribution in [1.29, 1.82) is 0 Å². The first-order valence-electron chi connectivity index (χ1n) is 9.26. The van der Waals surface area contributed by atoms with Gasteiger partial charge in [-0.2, -0.15) is 0 Å². The molecule has 1 N–H and O–H groups in total. The van der Waals surface area contributed by atoms with Crippen LogP contribution in [0.5, 0.6) is 23.0 Å². The van der Waals surface area contributed by atoms with Crippen LogP contribution in [0.15, 0.2) is 24.3 Å². The molecule has 0 aliphatic carbocycles. The molecule has 0 aromatic heterocycles. The van der Waals surface area contributed by atoms with Gasteiger partial charge in [0, 0.05) is 30.6 Å². The number of ether oxygens (including phenoxy) is 4. The number of rotatable bonds is 3. The molecule has 27 heavy (non-hydrogen) atoms. The largest absolute Gasteiger partial charge is 0.493 e. The van der Waals surface area contributed by atoms with E-state index >= 15 is 0 Å². The van der Waals surface area contributed by atoms with Gasteiger partial charge < -0.3 is 24.1 Å². The number of methoxy groups -OCH3 is 2. The highest BCUT2D eigenvalue weighted by atomic mass is 16.7. The van der Waals surface area contributed by atoms with Gasteiger partial charge in [0.1, 0.15) is 0 Å². The summed E-state index contributed by atoms with van der Waals surface area (Å²) in [6, 6.07) is 8.31. The molecule has 3 aliphatic rings. The normalized spacial score (nSPS) is 22.6. The Balaban J connectivity index is 1.65. The van der Waals surface area contributed by atoms with E-state index in [-0.39, 0.29) is 25.4 Å². The zero-order chi connectivity index (χ0) is 18.5. The molecule has 0 saturated carbocycles. The van der Waals surface area contributed by atoms with Gasteiger partial charge in [-0.15, -0.1) is 0 Å². The summed E-state index contributed by atoms with van der Waals surface area (Å²) in [7, 11) is 3.32. The molecule has 6 nitrogen and oxygen atoms in total. The maximum atomic E-state index is 10.3. The highest BCUT2D eigenvalue weighted by Crippen LogP contribution is 2.51. The van der Waals surface area contributed by atoms with Crippen LogP contribution < -0.4 is 18.9 Å². The number of aliphatic hydroxyl groups is 1. The fourth-order valence-electron chi connectivity index (χ4n) is 4.83. The first-order valence-corrected chi connectivity index (χ1v) is 9.26. The minimum absolute atomic E-state index is 0.0343. The number of benzene rings is 2. The lowest BCUT2D eigenvalue weighted by Gasteiger charge is -2.46. The molecule has 0 bridgehead atoms. The Morgan fingerprint density at radius 3 is 2.67 bits per heavy atom. The molecule has 2 aromatic rings. The third-order valence-electron chi connectivity index (χ3n) is 6.04. The lowest BCUT2D eigenvalue weighted by atomic mass is 9.76. The van der Waals surface area contributed by atoms with Crippen LogP contribution in [0.2, 0.25) is 0 Å². The van der Waals surface area contributed by atoms with Gasteiger partial charge in [0.15, 0.2) is 23.0 Å². The Morgan fingerprint density at radius 1 is 1.11 bits per heavy atom. The van der Waals surface area contributed by atoms with Crippen LogP contribution in [-0.4, -0.2) is 44.2 Å². The maximum absolute atomic E-state index is 10.3. The topological polar surface area (TPSA) is 60.4 Å². The second kappa shape index (κ2) is 6.32. The van der Waals surface area contributed by atoms with Crippen LogP contribution in [0.25, 0.3) is 0 Å². The molecule has 3 heterocycles. The minimum atomic E-state index is -0.0343. The molecule has 0 spiro atoms. The molecule has 2 aromatic carbocycles. The summed E-state index contributed by atoms with van der Waals surface area (Å²) in [6.07, 6.45) is 0.947. The Hall–Kier alpha value is -2.44. The van der Waals surface area contributed by atoms with E-state index in [9.17, 15) is 5.11 Å². The van der Waals surface area contributed by atoms with Crippen LogP contribution in [0.3, 0.4) is 0 Å². The van der Waals surface area contributed by atoms with Crippen LogP contribution in [0.4, 0.5) is 0 Å². The van der Waals surface area contributed by atoms with Crippen molar-refractivity contribution in [2.75, 3.05) is 34.2 Å². The van der Waals surface area contributed by atoms with Crippen molar-refractivity contribution in [3.63, 3.8) is 0 Å². The van der Waals surface area contributed by atoms with E-state index in [2.05, 4.69) is 23.1 Å². The summed E-state index contributed by atoms with van der Waals surface area (Å²) >= 11 is 0. The second-order valence-electron chi connectivity index (χ2n) is 7.23. The number of fused-ring (bicyclic) bond motifs is 5.